The van der Waals surface area contributed by atoms with E-state index in [-0.39, 0.29) is 17.5 Å². The van der Waals surface area contributed by atoms with Crippen LogP contribution in [0.2, 0.25) is 0 Å². The number of benzene rings is 7. The molecule has 9 aromatic rings. The molecular weight excluding hydrogens is 779 g/mol. The van der Waals surface area contributed by atoms with E-state index in [2.05, 4.69) is 207 Å². The average molecular weight is 835 g/mol. The molecule has 2 aliphatic rings. The third-order valence-corrected chi connectivity index (χ3v) is 13.9. The van der Waals surface area contributed by atoms with E-state index in [0.717, 1.165) is 21.9 Å². The number of anilines is 6. The minimum atomic E-state index is -0.0113. The molecule has 0 radical (unpaired) electrons. The first-order chi connectivity index (χ1) is 30.5. The van der Waals surface area contributed by atoms with E-state index in [1.54, 1.807) is 12.5 Å². The topological polar surface area (TPSA) is 32.8 Å². The lowest BCUT2D eigenvalue weighted by Crippen LogP contribution is -2.61. The van der Waals surface area contributed by atoms with Gasteiger partial charge in [0, 0.05) is 33.5 Å². The Morgan fingerprint density at radius 2 is 0.781 bits per heavy atom. The van der Waals surface area contributed by atoms with Crippen molar-refractivity contribution in [1.82, 2.24) is 0 Å². The fraction of sp³-hybridized carbons (Fsp3) is 0.220. The van der Waals surface area contributed by atoms with Crippen molar-refractivity contribution in [2.75, 3.05) is 9.80 Å². The van der Waals surface area contributed by atoms with E-state index >= 15 is 0 Å². The van der Waals surface area contributed by atoms with Gasteiger partial charge in [-0.15, -0.1) is 0 Å². The first-order valence-corrected chi connectivity index (χ1v) is 22.7. The van der Waals surface area contributed by atoms with Crippen molar-refractivity contribution in [3.8, 4) is 22.3 Å². The van der Waals surface area contributed by atoms with E-state index in [4.69, 9.17) is 8.83 Å². The molecule has 7 aromatic carbocycles. The summed E-state index contributed by atoms with van der Waals surface area (Å²) in [4.78, 5) is 5.21. The molecule has 4 nitrogen and oxygen atoms in total. The van der Waals surface area contributed by atoms with Crippen molar-refractivity contribution >= 4 is 79.2 Å². The quantitative estimate of drug-likeness (QED) is 0.165. The molecule has 0 fully saturated rings. The van der Waals surface area contributed by atoms with Crippen LogP contribution in [0.15, 0.2) is 143 Å². The van der Waals surface area contributed by atoms with Crippen molar-refractivity contribution in [2.45, 2.75) is 87.0 Å². The van der Waals surface area contributed by atoms with Gasteiger partial charge in [-0.05, 0) is 184 Å². The Labute approximate surface area is 378 Å². The van der Waals surface area contributed by atoms with Crippen LogP contribution in [0.4, 0.5) is 34.1 Å². The standard InChI is InChI=1S/C59H55BN2O2/c1-34-24-51-55-52(25-34)62(57-37(4)28-46(29-38(57)5)59(9,10)11)50-33-42(40-15-19-54-44(31-40)21-23-64-54)13-17-48(50)60(55)47-16-12-41(39-14-18-53-43(30-39)20-22-63-53)32-49(47)61(51)56-35(2)26-45(27-36(56)3)58(6,7)8/h12-33H,1-11H3. The van der Waals surface area contributed by atoms with Crippen LogP contribution >= 0.6 is 0 Å². The van der Waals surface area contributed by atoms with Gasteiger partial charge in [0.15, 0.2) is 0 Å². The van der Waals surface area contributed by atoms with Crippen molar-refractivity contribution in [3.05, 3.63) is 173 Å². The first-order valence-electron chi connectivity index (χ1n) is 22.7. The van der Waals surface area contributed by atoms with Gasteiger partial charge in [0.1, 0.15) is 11.2 Å². The molecule has 11 rings (SSSR count). The van der Waals surface area contributed by atoms with Gasteiger partial charge in [0.05, 0.1) is 23.9 Å². The summed E-state index contributed by atoms with van der Waals surface area (Å²) in [5.74, 6) is 0. The summed E-state index contributed by atoms with van der Waals surface area (Å²) in [5.41, 5.74) is 26.8. The minimum absolute atomic E-state index is 0.0113. The molecule has 0 amide bonds. The summed E-state index contributed by atoms with van der Waals surface area (Å²) in [7, 11) is 0. The predicted octanol–water partition coefficient (Wildman–Crippen LogP) is 14.7. The van der Waals surface area contributed by atoms with Crippen LogP contribution < -0.4 is 26.2 Å². The van der Waals surface area contributed by atoms with Gasteiger partial charge in [-0.25, -0.2) is 0 Å². The summed E-state index contributed by atoms with van der Waals surface area (Å²) < 4.78 is 11.5. The Morgan fingerprint density at radius 3 is 1.17 bits per heavy atom. The fourth-order valence-corrected chi connectivity index (χ4v) is 10.7. The van der Waals surface area contributed by atoms with Gasteiger partial charge < -0.3 is 18.6 Å². The number of rotatable bonds is 4. The number of hydrogen-bond donors (Lipinski definition) is 0. The smallest absolute Gasteiger partial charge is 0.252 e. The number of fused-ring (bicyclic) bond motifs is 6. The molecule has 0 spiro atoms. The van der Waals surface area contributed by atoms with E-state index in [0.29, 0.717) is 0 Å². The van der Waals surface area contributed by atoms with E-state index < -0.39 is 0 Å². The SMILES string of the molecule is Cc1cc2c3c(c1)N(c1c(C)cc(C(C)(C)C)cc1C)c1cc(-c4ccc5occc5c4)ccc1B3c1ccc(-c3ccc4occc4c3)cc1N2c1c(C)cc(C(C)(C)C)cc1C. The molecule has 64 heavy (non-hydrogen) atoms. The van der Waals surface area contributed by atoms with Gasteiger partial charge in [-0.2, -0.15) is 0 Å². The van der Waals surface area contributed by atoms with E-state index in [1.807, 2.05) is 0 Å². The summed E-state index contributed by atoms with van der Waals surface area (Å²) in [5, 5.41) is 2.21. The Kier molecular flexibility index (Phi) is 8.86. The fourth-order valence-electron chi connectivity index (χ4n) is 10.7. The zero-order valence-electron chi connectivity index (χ0n) is 39.0. The Morgan fingerprint density at radius 1 is 0.406 bits per heavy atom. The summed E-state index contributed by atoms with van der Waals surface area (Å²) in [6, 6.07) is 46.1. The molecule has 0 atom stereocenters. The van der Waals surface area contributed by atoms with E-state index in [1.165, 1.54) is 112 Å². The lowest BCUT2D eigenvalue weighted by Gasteiger charge is -2.46. The van der Waals surface area contributed by atoms with Crippen molar-refractivity contribution in [3.63, 3.8) is 0 Å². The second-order valence-electron chi connectivity index (χ2n) is 20.6. The Hall–Kier alpha value is -6.72. The Bertz CT molecular complexity index is 3120. The lowest BCUT2D eigenvalue weighted by atomic mass is 9.33. The molecule has 2 aliphatic heterocycles. The highest BCUT2D eigenvalue weighted by Crippen LogP contribution is 2.49. The van der Waals surface area contributed by atoms with Crippen LogP contribution in [-0.4, -0.2) is 6.71 Å². The molecule has 0 aliphatic carbocycles. The van der Waals surface area contributed by atoms with Crippen LogP contribution in [0.25, 0.3) is 44.2 Å². The second-order valence-corrected chi connectivity index (χ2v) is 20.6. The van der Waals surface area contributed by atoms with Crippen LogP contribution in [0.5, 0.6) is 0 Å². The van der Waals surface area contributed by atoms with Crippen LogP contribution in [0, 0.1) is 34.6 Å². The number of aryl methyl sites for hydroxylation is 5. The molecule has 0 N–H and O–H groups in total. The minimum Gasteiger partial charge on any atom is -0.464 e. The number of hydrogen-bond acceptors (Lipinski definition) is 4. The third kappa shape index (κ3) is 6.26. The highest BCUT2D eigenvalue weighted by molar-refractivity contribution is 7.00. The van der Waals surface area contributed by atoms with Gasteiger partial charge in [-0.1, -0.05) is 102 Å². The summed E-state index contributed by atoms with van der Waals surface area (Å²) >= 11 is 0. The highest BCUT2D eigenvalue weighted by atomic mass is 16.3. The normalized spacial score (nSPS) is 13.5. The molecule has 2 aromatic heterocycles. The molecule has 0 saturated heterocycles. The molecule has 0 bridgehead atoms. The molecular formula is C59H55BN2O2. The zero-order chi connectivity index (χ0) is 44.6. The largest absolute Gasteiger partial charge is 0.464 e. The monoisotopic (exact) mass is 834 g/mol. The number of furan rings is 2. The first kappa shape index (κ1) is 40.1. The molecule has 0 unspecified atom stereocenters. The van der Waals surface area contributed by atoms with Crippen LogP contribution in [0.3, 0.4) is 0 Å². The molecule has 5 heteroatoms. The lowest BCUT2D eigenvalue weighted by molar-refractivity contribution is 0.589. The Balaban J connectivity index is 1.22. The van der Waals surface area contributed by atoms with Crippen molar-refractivity contribution < 1.29 is 8.83 Å². The van der Waals surface area contributed by atoms with Gasteiger partial charge in [-0.3, -0.25) is 0 Å². The maximum absolute atomic E-state index is 5.77. The van der Waals surface area contributed by atoms with Gasteiger partial charge in [0.25, 0.3) is 6.71 Å². The molecule has 4 heterocycles. The van der Waals surface area contributed by atoms with Crippen molar-refractivity contribution in [2.24, 2.45) is 0 Å². The maximum Gasteiger partial charge on any atom is 0.252 e. The van der Waals surface area contributed by atoms with Crippen LogP contribution in [-0.2, 0) is 10.8 Å². The third-order valence-electron chi connectivity index (χ3n) is 13.9. The molecule has 316 valence electrons. The second kappa shape index (κ2) is 14.1. The summed E-state index contributed by atoms with van der Waals surface area (Å²) in [6.45, 7) is 25.3. The zero-order valence-corrected chi connectivity index (χ0v) is 39.0. The predicted molar refractivity (Wildman–Crippen MR) is 272 cm³/mol. The number of nitrogens with zero attached hydrogens (tertiary/aromatic N) is 2. The molecule has 0 saturated carbocycles. The van der Waals surface area contributed by atoms with Crippen molar-refractivity contribution in [1.29, 1.82) is 0 Å². The maximum atomic E-state index is 5.77. The van der Waals surface area contributed by atoms with Gasteiger partial charge >= 0.3 is 0 Å². The van der Waals surface area contributed by atoms with Gasteiger partial charge in [0.2, 0.25) is 0 Å². The van der Waals surface area contributed by atoms with E-state index in [9.17, 15) is 0 Å². The van der Waals surface area contributed by atoms with Crippen LogP contribution in [0.1, 0.15) is 80.5 Å². The average Bonchev–Trinajstić information content (AvgIpc) is 3.93. The highest BCUT2D eigenvalue weighted by Gasteiger charge is 2.44. The summed E-state index contributed by atoms with van der Waals surface area (Å²) in [6.07, 6.45) is 3.55.